The predicted octanol–water partition coefficient (Wildman–Crippen LogP) is 3.05. The van der Waals surface area contributed by atoms with Crippen molar-refractivity contribution in [3.05, 3.63) is 33.8 Å². The van der Waals surface area contributed by atoms with Crippen LogP contribution in [0, 0.1) is 0 Å². The van der Waals surface area contributed by atoms with Gasteiger partial charge in [0.15, 0.2) is 0 Å². The third kappa shape index (κ3) is 2.92. The first-order valence-corrected chi connectivity index (χ1v) is 4.84. The predicted molar refractivity (Wildman–Crippen MR) is 53.3 cm³/mol. The molecule has 70 valence electrons. The maximum atomic E-state index is 12.5. The van der Waals surface area contributed by atoms with Crippen molar-refractivity contribution in [1.82, 2.24) is 0 Å². The van der Waals surface area contributed by atoms with Gasteiger partial charge in [0.05, 0.1) is 0 Å². The van der Waals surface area contributed by atoms with Gasteiger partial charge in [-0.15, -0.1) is 0 Å². The van der Waals surface area contributed by atoms with Crippen LogP contribution in [0.2, 0.25) is 0 Å². The molecule has 0 atom stereocenters. The van der Waals surface area contributed by atoms with Gasteiger partial charge in [-0.1, -0.05) is 22.0 Å². The highest BCUT2D eigenvalue weighted by atomic mass is 79.9. The topological polar surface area (TPSA) is 17.1 Å². The van der Waals surface area contributed by atoms with E-state index in [1.165, 1.54) is 0 Å². The van der Waals surface area contributed by atoms with Gasteiger partial charge >= 0.3 is 0 Å². The normalized spacial score (nSPS) is 10.0. The van der Waals surface area contributed by atoms with Crippen LogP contribution >= 0.6 is 15.9 Å². The van der Waals surface area contributed by atoms with E-state index >= 15 is 0 Å². The van der Waals surface area contributed by atoms with Crippen LogP contribution in [0.3, 0.4) is 0 Å². The van der Waals surface area contributed by atoms with Crippen LogP contribution in [0.5, 0.6) is 0 Å². The second kappa shape index (κ2) is 5.12. The summed E-state index contributed by atoms with van der Waals surface area (Å²) in [7, 11) is 0. The van der Waals surface area contributed by atoms with Crippen LogP contribution < -0.4 is 0 Å². The van der Waals surface area contributed by atoms with E-state index in [1.807, 2.05) is 12.1 Å². The Labute approximate surface area is 85.1 Å². The summed E-state index contributed by atoms with van der Waals surface area (Å²) in [5.41, 5.74) is 1.58. The summed E-state index contributed by atoms with van der Waals surface area (Å²) in [6.07, 6.45) is 1.93. The molecule has 1 aromatic carbocycles. The molecule has 0 N–H and O–H groups in total. The van der Waals surface area contributed by atoms with E-state index < -0.39 is 6.67 Å². The van der Waals surface area contributed by atoms with Gasteiger partial charge in [-0.2, -0.15) is 0 Å². The molecule has 1 rings (SSSR count). The summed E-state index contributed by atoms with van der Waals surface area (Å²) in [5, 5.41) is 0. The molecular formula is C10H10BrFO. The van der Waals surface area contributed by atoms with E-state index in [1.54, 1.807) is 6.07 Å². The van der Waals surface area contributed by atoms with Gasteiger partial charge in [-0.3, -0.25) is 0 Å². The summed E-state index contributed by atoms with van der Waals surface area (Å²) in [4.78, 5) is 10.1. The Kier molecular flexibility index (Phi) is 4.09. The molecule has 0 bridgehead atoms. The number of aryl methyl sites for hydroxylation is 1. The lowest BCUT2D eigenvalue weighted by Crippen LogP contribution is -1.92. The van der Waals surface area contributed by atoms with Crippen LogP contribution in [0.1, 0.15) is 17.5 Å². The lowest BCUT2D eigenvalue weighted by atomic mass is 10.0. The first kappa shape index (κ1) is 10.4. The number of hydrogen-bond donors (Lipinski definition) is 0. The van der Waals surface area contributed by atoms with E-state index in [4.69, 9.17) is 0 Å². The Morgan fingerprint density at radius 3 is 2.77 bits per heavy atom. The fourth-order valence-corrected chi connectivity index (χ4v) is 1.59. The van der Waals surface area contributed by atoms with Crippen molar-refractivity contribution < 1.29 is 9.18 Å². The molecule has 0 saturated heterocycles. The molecule has 0 saturated carbocycles. The van der Waals surface area contributed by atoms with Crippen molar-refractivity contribution in [2.75, 3.05) is 0 Å². The second-order valence-corrected chi connectivity index (χ2v) is 3.67. The largest absolute Gasteiger partial charge is 0.303 e. The molecule has 0 aliphatic carbocycles. The molecule has 0 fully saturated rings. The van der Waals surface area contributed by atoms with E-state index in [9.17, 15) is 9.18 Å². The van der Waals surface area contributed by atoms with Crippen LogP contribution in [-0.4, -0.2) is 6.29 Å². The monoisotopic (exact) mass is 244 g/mol. The van der Waals surface area contributed by atoms with E-state index in [0.717, 1.165) is 16.3 Å². The van der Waals surface area contributed by atoms with E-state index in [-0.39, 0.29) is 0 Å². The molecule has 0 aliphatic heterocycles. The smallest absolute Gasteiger partial charge is 0.120 e. The lowest BCUT2D eigenvalue weighted by Gasteiger charge is -2.04. The number of halogens is 2. The summed E-state index contributed by atoms with van der Waals surface area (Å²) in [5.74, 6) is 0. The molecule has 13 heavy (non-hydrogen) atoms. The van der Waals surface area contributed by atoms with Gasteiger partial charge in [0.1, 0.15) is 13.0 Å². The van der Waals surface area contributed by atoms with E-state index in [0.29, 0.717) is 18.4 Å². The number of carbonyl (C=O) groups excluding carboxylic acids is 1. The van der Waals surface area contributed by atoms with Crippen molar-refractivity contribution in [2.24, 2.45) is 0 Å². The van der Waals surface area contributed by atoms with Crippen molar-refractivity contribution in [3.63, 3.8) is 0 Å². The maximum Gasteiger partial charge on any atom is 0.120 e. The fourth-order valence-electron chi connectivity index (χ4n) is 1.18. The van der Waals surface area contributed by atoms with Crippen LogP contribution in [0.4, 0.5) is 4.39 Å². The number of aldehydes is 1. The quantitative estimate of drug-likeness (QED) is 0.745. The summed E-state index contributed by atoms with van der Waals surface area (Å²) >= 11 is 3.27. The zero-order valence-corrected chi connectivity index (χ0v) is 8.68. The molecule has 3 heteroatoms. The van der Waals surface area contributed by atoms with Crippen molar-refractivity contribution in [2.45, 2.75) is 19.5 Å². The number of hydrogen-bond acceptors (Lipinski definition) is 1. The zero-order chi connectivity index (χ0) is 9.68. The molecule has 0 aliphatic rings. The number of benzene rings is 1. The van der Waals surface area contributed by atoms with Crippen molar-refractivity contribution in [1.29, 1.82) is 0 Å². The van der Waals surface area contributed by atoms with Crippen LogP contribution in [-0.2, 0) is 17.9 Å². The summed E-state index contributed by atoms with van der Waals surface area (Å²) < 4.78 is 13.4. The first-order valence-electron chi connectivity index (χ1n) is 4.05. The average Bonchev–Trinajstić information content (AvgIpc) is 2.16. The molecule has 0 spiro atoms. The second-order valence-electron chi connectivity index (χ2n) is 2.75. The minimum atomic E-state index is -0.479. The first-order chi connectivity index (χ1) is 6.27. The number of alkyl halides is 1. The summed E-state index contributed by atoms with van der Waals surface area (Å²) in [6, 6.07) is 5.46. The standard InChI is InChI=1S/C10H10BrFO/c11-10-4-3-8(2-1-5-13)9(6-10)7-12/h3-6H,1-2,7H2. The van der Waals surface area contributed by atoms with Gasteiger partial charge in [0, 0.05) is 10.9 Å². The molecule has 1 nitrogen and oxygen atoms in total. The third-order valence-corrected chi connectivity index (χ3v) is 2.34. The lowest BCUT2D eigenvalue weighted by molar-refractivity contribution is -0.107. The van der Waals surface area contributed by atoms with Crippen molar-refractivity contribution in [3.8, 4) is 0 Å². The van der Waals surface area contributed by atoms with Gasteiger partial charge in [-0.05, 0) is 29.7 Å². The minimum Gasteiger partial charge on any atom is -0.303 e. The molecule has 0 aromatic heterocycles. The Morgan fingerprint density at radius 1 is 1.38 bits per heavy atom. The zero-order valence-electron chi connectivity index (χ0n) is 7.09. The third-order valence-electron chi connectivity index (χ3n) is 1.84. The van der Waals surface area contributed by atoms with Crippen LogP contribution in [0.25, 0.3) is 0 Å². The van der Waals surface area contributed by atoms with Gasteiger partial charge in [-0.25, -0.2) is 4.39 Å². The highest BCUT2D eigenvalue weighted by Crippen LogP contribution is 2.18. The minimum absolute atomic E-state index is 0.453. The molecule has 1 aromatic rings. The highest BCUT2D eigenvalue weighted by Gasteiger charge is 2.02. The van der Waals surface area contributed by atoms with Crippen molar-refractivity contribution >= 4 is 22.2 Å². The molecule has 0 amide bonds. The highest BCUT2D eigenvalue weighted by molar-refractivity contribution is 9.10. The van der Waals surface area contributed by atoms with Crippen LogP contribution in [0.15, 0.2) is 22.7 Å². The van der Waals surface area contributed by atoms with Gasteiger partial charge in [0.2, 0.25) is 0 Å². The SMILES string of the molecule is O=CCCc1ccc(Br)cc1CF. The van der Waals surface area contributed by atoms with Gasteiger partial charge < -0.3 is 4.79 Å². The summed E-state index contributed by atoms with van der Waals surface area (Å²) in [6.45, 7) is -0.479. The molecule has 0 radical (unpaired) electrons. The molecule has 0 unspecified atom stereocenters. The van der Waals surface area contributed by atoms with E-state index in [2.05, 4.69) is 15.9 Å². The number of rotatable bonds is 4. The Bertz CT molecular complexity index is 299. The van der Waals surface area contributed by atoms with Gasteiger partial charge in [0.25, 0.3) is 0 Å². The number of carbonyl (C=O) groups is 1. The maximum absolute atomic E-state index is 12.5. The Morgan fingerprint density at radius 2 is 2.15 bits per heavy atom. The average molecular weight is 245 g/mol. The Hall–Kier alpha value is -0.700. The Balaban J connectivity index is 2.85. The molecule has 0 heterocycles. The fraction of sp³-hybridized carbons (Fsp3) is 0.300. The molecular weight excluding hydrogens is 235 g/mol.